The molecule has 12 heteroatoms. The second kappa shape index (κ2) is 8.68. The monoisotopic (exact) mass is 407 g/mol. The zero-order valence-electron chi connectivity index (χ0n) is 13.1. The highest BCUT2D eigenvalue weighted by molar-refractivity contribution is 7.13. The van der Waals surface area contributed by atoms with E-state index in [-0.39, 0.29) is 5.13 Å². The van der Waals surface area contributed by atoms with Crippen LogP contribution in [0, 0.1) is 29.1 Å². The third-order valence-corrected chi connectivity index (χ3v) is 3.81. The summed E-state index contributed by atoms with van der Waals surface area (Å²) in [6.45, 7) is -0.820. The summed E-state index contributed by atoms with van der Waals surface area (Å²) < 4.78 is 66.2. The van der Waals surface area contributed by atoms with Gasteiger partial charge in [-0.05, 0) is 6.08 Å². The topological polar surface area (TPSA) is 91.3 Å². The number of hydrogen-bond donors (Lipinski definition) is 3. The Hall–Kier alpha value is -2.86. The molecule has 1 heterocycles. The molecule has 2 aromatic rings. The van der Waals surface area contributed by atoms with Gasteiger partial charge in [0.15, 0.2) is 28.4 Å². The first-order chi connectivity index (χ1) is 12.8. The zero-order valence-corrected chi connectivity index (χ0v) is 13.9. The fourth-order valence-corrected chi connectivity index (χ4v) is 2.35. The first-order valence-corrected chi connectivity index (χ1v) is 7.95. The Morgan fingerprint density at radius 2 is 1.70 bits per heavy atom. The summed E-state index contributed by atoms with van der Waals surface area (Å²) in [5.41, 5.74) is -1.32. The molecular weight excluding hydrogens is 397 g/mol. The average Bonchev–Trinajstić information content (AvgIpc) is 3.15. The highest BCUT2D eigenvalue weighted by Crippen LogP contribution is 2.23. The minimum atomic E-state index is -2.33. The number of rotatable bonds is 6. The number of halogens is 5. The van der Waals surface area contributed by atoms with Crippen LogP contribution in [0.5, 0.6) is 0 Å². The average molecular weight is 407 g/mol. The lowest BCUT2D eigenvalue weighted by Crippen LogP contribution is -2.45. The quantitative estimate of drug-likeness (QED) is 0.296. The van der Waals surface area contributed by atoms with E-state index < -0.39 is 59.1 Å². The Kier molecular flexibility index (Phi) is 6.58. The molecule has 27 heavy (non-hydrogen) atoms. The summed E-state index contributed by atoms with van der Waals surface area (Å²) in [7, 11) is 0. The van der Waals surface area contributed by atoms with E-state index in [1.54, 1.807) is 5.38 Å². The van der Waals surface area contributed by atoms with E-state index in [1.165, 1.54) is 6.20 Å². The standard InChI is InChI=1S/C15H10F5N3O3S/c16-9-6(10(17)12(19)13(20)11(9)18)1-2-8(25)22-7(5-24)14(26)23-15-21-3-4-27-15/h1-4,7,24H,5H2,(H,22,25)(H,21,23,26). The number of hydrogen-bond acceptors (Lipinski definition) is 5. The van der Waals surface area contributed by atoms with E-state index in [2.05, 4.69) is 10.3 Å². The first kappa shape index (κ1) is 20.5. The molecule has 0 spiro atoms. The molecule has 144 valence electrons. The number of aromatic nitrogens is 1. The minimum absolute atomic E-state index is 0.199. The van der Waals surface area contributed by atoms with Gasteiger partial charge in [0.25, 0.3) is 5.91 Å². The lowest BCUT2D eigenvalue weighted by molar-refractivity contribution is -0.124. The molecule has 0 saturated heterocycles. The van der Waals surface area contributed by atoms with Crippen molar-refractivity contribution in [1.29, 1.82) is 0 Å². The molecule has 0 aliphatic heterocycles. The Morgan fingerprint density at radius 3 is 2.22 bits per heavy atom. The third kappa shape index (κ3) is 4.65. The molecule has 0 radical (unpaired) electrons. The van der Waals surface area contributed by atoms with Crippen LogP contribution in [-0.2, 0) is 9.59 Å². The maximum Gasteiger partial charge on any atom is 0.251 e. The predicted octanol–water partition coefficient (Wildman–Crippen LogP) is 1.97. The highest BCUT2D eigenvalue weighted by atomic mass is 32.1. The van der Waals surface area contributed by atoms with Crippen LogP contribution in [0.3, 0.4) is 0 Å². The molecule has 0 bridgehead atoms. The number of anilines is 1. The number of carbonyl (C=O) groups excluding carboxylic acids is 2. The first-order valence-electron chi connectivity index (χ1n) is 7.07. The number of aliphatic hydroxyl groups is 1. The molecule has 6 nitrogen and oxygen atoms in total. The predicted molar refractivity (Wildman–Crippen MR) is 85.0 cm³/mol. The molecular formula is C15H10F5N3O3S. The van der Waals surface area contributed by atoms with Gasteiger partial charge in [0, 0.05) is 17.7 Å². The van der Waals surface area contributed by atoms with Crippen LogP contribution in [-0.4, -0.2) is 34.6 Å². The molecule has 1 atom stereocenters. The summed E-state index contributed by atoms with van der Waals surface area (Å²) in [5, 5.41) is 15.2. The molecule has 0 aliphatic rings. The normalized spacial score (nSPS) is 12.2. The summed E-state index contributed by atoms with van der Waals surface area (Å²) in [4.78, 5) is 27.4. The number of carbonyl (C=O) groups is 2. The van der Waals surface area contributed by atoms with Gasteiger partial charge in [-0.15, -0.1) is 11.3 Å². The lowest BCUT2D eigenvalue weighted by atomic mass is 10.1. The van der Waals surface area contributed by atoms with E-state index in [0.29, 0.717) is 12.2 Å². The number of amides is 2. The number of aliphatic hydroxyl groups excluding tert-OH is 1. The summed E-state index contributed by atoms with van der Waals surface area (Å²) in [5.74, 6) is -12.8. The van der Waals surface area contributed by atoms with Gasteiger partial charge in [-0.1, -0.05) is 0 Å². The van der Waals surface area contributed by atoms with E-state index in [4.69, 9.17) is 0 Å². The fraction of sp³-hybridized carbons (Fsp3) is 0.133. The van der Waals surface area contributed by atoms with Gasteiger partial charge in [0.05, 0.1) is 12.2 Å². The second-order valence-electron chi connectivity index (χ2n) is 4.89. The van der Waals surface area contributed by atoms with E-state index >= 15 is 0 Å². The van der Waals surface area contributed by atoms with E-state index in [0.717, 1.165) is 11.3 Å². The Labute approximate surface area is 152 Å². The van der Waals surface area contributed by atoms with Crippen molar-refractivity contribution in [1.82, 2.24) is 10.3 Å². The molecule has 0 fully saturated rings. The molecule has 1 unspecified atom stereocenters. The van der Waals surface area contributed by atoms with Crippen molar-refractivity contribution in [2.75, 3.05) is 11.9 Å². The van der Waals surface area contributed by atoms with Crippen molar-refractivity contribution in [3.63, 3.8) is 0 Å². The lowest BCUT2D eigenvalue weighted by Gasteiger charge is -2.13. The highest BCUT2D eigenvalue weighted by Gasteiger charge is 2.25. The van der Waals surface area contributed by atoms with E-state index in [9.17, 15) is 36.6 Å². The maximum atomic E-state index is 13.5. The maximum absolute atomic E-state index is 13.5. The SMILES string of the molecule is O=C(C=Cc1c(F)c(F)c(F)c(F)c1F)NC(CO)C(=O)Nc1nccs1. The minimum Gasteiger partial charge on any atom is -0.394 e. The van der Waals surface area contributed by atoms with Gasteiger partial charge in [-0.2, -0.15) is 0 Å². The summed E-state index contributed by atoms with van der Waals surface area (Å²) >= 11 is 1.08. The van der Waals surface area contributed by atoms with Gasteiger partial charge >= 0.3 is 0 Å². The van der Waals surface area contributed by atoms with Crippen molar-refractivity contribution in [3.8, 4) is 0 Å². The van der Waals surface area contributed by atoms with Gasteiger partial charge in [-0.3, -0.25) is 9.59 Å². The molecule has 0 aliphatic carbocycles. The van der Waals surface area contributed by atoms with Crippen LogP contribution in [0.25, 0.3) is 6.08 Å². The van der Waals surface area contributed by atoms with Crippen LogP contribution >= 0.6 is 11.3 Å². The smallest absolute Gasteiger partial charge is 0.251 e. The van der Waals surface area contributed by atoms with Crippen LogP contribution in [0.15, 0.2) is 17.7 Å². The number of thiazole rings is 1. The summed E-state index contributed by atoms with van der Waals surface area (Å²) in [6, 6.07) is -1.44. The molecule has 1 aromatic carbocycles. The Morgan fingerprint density at radius 1 is 1.11 bits per heavy atom. The summed E-state index contributed by atoms with van der Waals surface area (Å²) in [6.07, 6.45) is 2.22. The van der Waals surface area contributed by atoms with E-state index in [1.807, 2.05) is 5.32 Å². The second-order valence-corrected chi connectivity index (χ2v) is 5.78. The van der Waals surface area contributed by atoms with Gasteiger partial charge in [-0.25, -0.2) is 26.9 Å². The largest absolute Gasteiger partial charge is 0.394 e. The molecule has 2 amide bonds. The van der Waals surface area contributed by atoms with Crippen LogP contribution < -0.4 is 10.6 Å². The molecule has 0 saturated carbocycles. The van der Waals surface area contributed by atoms with Crippen molar-refractivity contribution in [2.24, 2.45) is 0 Å². The van der Waals surface area contributed by atoms with Crippen molar-refractivity contribution >= 4 is 34.4 Å². The van der Waals surface area contributed by atoms with Gasteiger partial charge < -0.3 is 15.7 Å². The van der Waals surface area contributed by atoms with Crippen LogP contribution in [0.2, 0.25) is 0 Å². The van der Waals surface area contributed by atoms with Crippen molar-refractivity contribution in [3.05, 3.63) is 52.3 Å². The van der Waals surface area contributed by atoms with Gasteiger partial charge in [0.2, 0.25) is 11.7 Å². The zero-order chi connectivity index (χ0) is 20.1. The fourth-order valence-electron chi connectivity index (χ4n) is 1.82. The number of nitrogens with zero attached hydrogens (tertiary/aromatic N) is 1. The van der Waals surface area contributed by atoms with Crippen LogP contribution in [0.1, 0.15) is 5.56 Å². The van der Waals surface area contributed by atoms with Crippen LogP contribution in [0.4, 0.5) is 27.1 Å². The van der Waals surface area contributed by atoms with Gasteiger partial charge in [0.1, 0.15) is 6.04 Å². The number of nitrogens with one attached hydrogen (secondary N) is 2. The number of benzene rings is 1. The Balaban J connectivity index is 2.11. The van der Waals surface area contributed by atoms with Crippen molar-refractivity contribution < 1.29 is 36.6 Å². The molecule has 3 N–H and O–H groups in total. The van der Waals surface area contributed by atoms with Crippen molar-refractivity contribution in [2.45, 2.75) is 6.04 Å². The molecule has 2 rings (SSSR count). The molecule has 1 aromatic heterocycles. The third-order valence-electron chi connectivity index (χ3n) is 3.12. The Bertz CT molecular complexity index is 860.